The fourth-order valence-corrected chi connectivity index (χ4v) is 4.21. The molecule has 0 aromatic heterocycles. The molecule has 0 radical (unpaired) electrons. The molecule has 3 aromatic carbocycles. The third kappa shape index (κ3) is 4.73. The van der Waals surface area contributed by atoms with Gasteiger partial charge in [0.05, 0.1) is 5.56 Å². The van der Waals surface area contributed by atoms with Crippen LogP contribution in [-0.4, -0.2) is 42.7 Å². The third-order valence-corrected chi connectivity index (χ3v) is 6.09. The Morgan fingerprint density at radius 2 is 1.54 bits per heavy atom. The van der Waals surface area contributed by atoms with Gasteiger partial charge in [-0.15, -0.1) is 0 Å². The molecular weight excluding hydrogens is 476 g/mol. The summed E-state index contributed by atoms with van der Waals surface area (Å²) in [5.41, 5.74) is -1.00. The Bertz CT molecular complexity index is 1480. The van der Waals surface area contributed by atoms with Gasteiger partial charge in [-0.1, -0.05) is 36.4 Å². The Morgan fingerprint density at radius 3 is 2.19 bits per heavy atom. The number of fused-ring (bicyclic) bond motifs is 1. The van der Waals surface area contributed by atoms with E-state index in [1.165, 1.54) is 6.08 Å². The van der Waals surface area contributed by atoms with Gasteiger partial charge in [0.1, 0.15) is 51.2 Å². The smallest absolute Gasteiger partial charge is 0.193 e. The summed E-state index contributed by atoms with van der Waals surface area (Å²) in [7, 11) is 0. The summed E-state index contributed by atoms with van der Waals surface area (Å²) < 4.78 is 5.97. The maximum Gasteiger partial charge on any atom is 0.193 e. The van der Waals surface area contributed by atoms with E-state index in [4.69, 9.17) is 4.74 Å². The summed E-state index contributed by atoms with van der Waals surface area (Å²) in [6, 6.07) is 9.94. The zero-order chi connectivity index (χ0) is 27.1. The van der Waals surface area contributed by atoms with Crippen molar-refractivity contribution in [3.05, 3.63) is 81.9 Å². The predicted octanol–water partition coefficient (Wildman–Crippen LogP) is 5.09. The molecule has 1 aliphatic rings. The van der Waals surface area contributed by atoms with E-state index in [1.807, 2.05) is 18.2 Å². The minimum atomic E-state index is -0.838. The Kier molecular flexibility index (Phi) is 6.44. The minimum Gasteiger partial charge on any atom is -0.507 e. The van der Waals surface area contributed by atoms with Crippen molar-refractivity contribution < 1.29 is 39.9 Å². The molecule has 0 saturated carbocycles. The lowest BCUT2D eigenvalue weighted by Gasteiger charge is -2.30. The van der Waals surface area contributed by atoms with Gasteiger partial charge >= 0.3 is 0 Å². The van der Waals surface area contributed by atoms with Gasteiger partial charge in [0.25, 0.3) is 0 Å². The van der Waals surface area contributed by atoms with E-state index >= 15 is 0 Å². The molecule has 37 heavy (non-hydrogen) atoms. The Balaban J connectivity index is 1.91. The number of ketones is 2. The van der Waals surface area contributed by atoms with Crippen LogP contribution < -0.4 is 4.74 Å². The van der Waals surface area contributed by atoms with Gasteiger partial charge in [-0.25, -0.2) is 0 Å². The second-order valence-corrected chi connectivity index (χ2v) is 9.29. The lowest BCUT2D eigenvalue weighted by Crippen LogP contribution is -2.28. The summed E-state index contributed by atoms with van der Waals surface area (Å²) in [6.45, 7) is 4.62. The monoisotopic (exact) mass is 502 g/mol. The quantitative estimate of drug-likeness (QED) is 0.232. The van der Waals surface area contributed by atoms with Crippen LogP contribution in [0, 0.1) is 0 Å². The van der Waals surface area contributed by atoms with Crippen LogP contribution in [0.25, 0.3) is 12.2 Å². The van der Waals surface area contributed by atoms with E-state index in [9.17, 15) is 35.1 Å². The van der Waals surface area contributed by atoms with Crippen molar-refractivity contribution >= 4 is 23.7 Å². The lowest BCUT2D eigenvalue weighted by molar-refractivity contribution is 0.100. The van der Waals surface area contributed by atoms with E-state index in [0.29, 0.717) is 0 Å². The number of carbonyl (C=O) groups is 2. The van der Waals surface area contributed by atoms with Crippen molar-refractivity contribution in [1.29, 1.82) is 0 Å². The number of ether oxygens (including phenoxy) is 1. The largest absolute Gasteiger partial charge is 0.507 e. The number of aromatic hydroxyl groups is 5. The van der Waals surface area contributed by atoms with Crippen LogP contribution in [-0.2, 0) is 6.42 Å². The topological polar surface area (TPSA) is 145 Å². The number of allylic oxidation sites excluding steroid dienone is 1. The Hall–Kier alpha value is -4.72. The average molecular weight is 503 g/mol. The van der Waals surface area contributed by atoms with Gasteiger partial charge in [0.15, 0.2) is 11.6 Å². The number of hydrogen-bond acceptors (Lipinski definition) is 8. The van der Waals surface area contributed by atoms with Gasteiger partial charge in [-0.3, -0.25) is 9.59 Å². The second-order valence-electron chi connectivity index (χ2n) is 9.29. The average Bonchev–Trinajstić information content (AvgIpc) is 2.81. The molecule has 0 atom stereocenters. The zero-order valence-corrected chi connectivity index (χ0v) is 20.4. The zero-order valence-electron chi connectivity index (χ0n) is 20.4. The van der Waals surface area contributed by atoms with Crippen molar-refractivity contribution in [2.24, 2.45) is 0 Å². The van der Waals surface area contributed by atoms with Crippen LogP contribution in [0.1, 0.15) is 63.7 Å². The number of Topliss-reactive ketones (excluding diaryl/α,β-unsaturated/α-hetero) is 1. The van der Waals surface area contributed by atoms with Crippen molar-refractivity contribution in [3.8, 4) is 34.5 Å². The first-order chi connectivity index (χ1) is 17.4. The van der Waals surface area contributed by atoms with Crippen LogP contribution in [0.15, 0.2) is 48.6 Å². The molecule has 1 heterocycles. The maximum atomic E-state index is 13.4. The molecule has 0 bridgehead atoms. The minimum absolute atomic E-state index is 0.0162. The molecular formula is C29H26O8. The van der Waals surface area contributed by atoms with E-state index in [2.05, 4.69) is 0 Å². The fraction of sp³-hybridized carbons (Fsp3) is 0.172. The summed E-state index contributed by atoms with van der Waals surface area (Å²) >= 11 is 0. The SMILES string of the molecule is CC(=O)c1c(O)cc(O)c(Cc2c(O)c3c(c(C(=O)/C=C/c4ccccc4)c2O)OC(C)(C)C=C3)c1O. The van der Waals surface area contributed by atoms with Crippen molar-refractivity contribution in [2.75, 3.05) is 0 Å². The first kappa shape index (κ1) is 25.4. The first-order valence-electron chi connectivity index (χ1n) is 11.5. The number of hydrogen-bond donors (Lipinski definition) is 5. The van der Waals surface area contributed by atoms with E-state index in [-0.39, 0.29) is 28.0 Å². The molecule has 0 amide bonds. The van der Waals surface area contributed by atoms with Gasteiger partial charge in [-0.05, 0) is 44.6 Å². The van der Waals surface area contributed by atoms with E-state index in [1.54, 1.807) is 44.2 Å². The molecule has 0 unspecified atom stereocenters. The van der Waals surface area contributed by atoms with Gasteiger partial charge in [0, 0.05) is 23.6 Å². The Morgan fingerprint density at radius 1 is 0.892 bits per heavy atom. The summed E-state index contributed by atoms with van der Waals surface area (Å²) in [5, 5.41) is 53.4. The third-order valence-electron chi connectivity index (χ3n) is 6.09. The summed E-state index contributed by atoms with van der Waals surface area (Å²) in [4.78, 5) is 25.3. The number of carbonyl (C=O) groups excluding carboxylic acids is 2. The standard InChI is InChI=1S/C29H26O8/c1-15(30)23-22(33)14-21(32)18(26(23)35)13-19-25(34)17-11-12-29(2,3)37-28(17)24(27(19)36)20(31)10-9-16-7-5-4-6-8-16/h4-12,14,32-36H,13H2,1-3H3/b10-9+. The fourth-order valence-electron chi connectivity index (χ4n) is 4.21. The molecule has 5 N–H and O–H groups in total. The van der Waals surface area contributed by atoms with Crippen LogP contribution in [0.5, 0.6) is 34.5 Å². The molecule has 0 aliphatic carbocycles. The highest BCUT2D eigenvalue weighted by Crippen LogP contribution is 2.49. The summed E-state index contributed by atoms with van der Waals surface area (Å²) in [6.07, 6.45) is 5.60. The number of phenolic OH excluding ortho intramolecular Hbond substituents is 5. The molecule has 0 saturated heterocycles. The lowest BCUT2D eigenvalue weighted by atomic mass is 9.89. The Labute approximate surface area is 213 Å². The van der Waals surface area contributed by atoms with E-state index < -0.39 is 57.9 Å². The van der Waals surface area contributed by atoms with Crippen LogP contribution in [0.2, 0.25) is 0 Å². The molecule has 0 fully saturated rings. The number of benzene rings is 3. The molecule has 1 aliphatic heterocycles. The molecule has 4 rings (SSSR count). The maximum absolute atomic E-state index is 13.4. The van der Waals surface area contributed by atoms with Gasteiger partial charge in [0.2, 0.25) is 0 Å². The highest BCUT2D eigenvalue weighted by molar-refractivity contribution is 6.12. The van der Waals surface area contributed by atoms with E-state index in [0.717, 1.165) is 18.6 Å². The predicted molar refractivity (Wildman–Crippen MR) is 138 cm³/mol. The normalized spacial score (nSPS) is 13.8. The summed E-state index contributed by atoms with van der Waals surface area (Å²) in [5.74, 6) is -4.21. The molecule has 0 spiro atoms. The first-order valence-corrected chi connectivity index (χ1v) is 11.5. The van der Waals surface area contributed by atoms with Crippen molar-refractivity contribution in [1.82, 2.24) is 0 Å². The molecule has 8 nitrogen and oxygen atoms in total. The highest BCUT2D eigenvalue weighted by atomic mass is 16.5. The van der Waals surface area contributed by atoms with Crippen molar-refractivity contribution in [3.63, 3.8) is 0 Å². The number of phenols is 5. The molecule has 190 valence electrons. The van der Waals surface area contributed by atoms with Crippen molar-refractivity contribution in [2.45, 2.75) is 32.8 Å². The van der Waals surface area contributed by atoms with Crippen LogP contribution in [0.4, 0.5) is 0 Å². The second kappa shape index (κ2) is 9.39. The van der Waals surface area contributed by atoms with Gasteiger partial charge in [-0.2, -0.15) is 0 Å². The molecule has 8 heteroatoms. The van der Waals surface area contributed by atoms with Crippen LogP contribution >= 0.6 is 0 Å². The van der Waals surface area contributed by atoms with Gasteiger partial charge < -0.3 is 30.3 Å². The highest BCUT2D eigenvalue weighted by Gasteiger charge is 2.33. The number of rotatable bonds is 6. The molecule has 3 aromatic rings. The van der Waals surface area contributed by atoms with Crippen LogP contribution in [0.3, 0.4) is 0 Å².